The maximum Gasteiger partial charge on any atom is 0.448 e. The molecule has 0 aliphatic heterocycles. The van der Waals surface area contributed by atoms with Crippen molar-refractivity contribution in [1.82, 2.24) is 0 Å². The monoisotopic (exact) mass is 258 g/mol. The number of carbonyl (C=O) groups excluding carboxylic acids is 2. The first-order chi connectivity index (χ1) is 7.32. The van der Waals surface area contributed by atoms with Crippen LogP contribution in [0.2, 0.25) is 6.04 Å². The molecule has 16 heavy (non-hydrogen) atoms. The highest BCUT2D eigenvalue weighted by atomic mass is 28.3. The van der Waals surface area contributed by atoms with Crippen LogP contribution >= 0.6 is 0 Å². The average Bonchev–Trinajstić information content (AvgIpc) is 2.11. The summed E-state index contributed by atoms with van der Waals surface area (Å²) in [5.41, 5.74) is 0. The van der Waals surface area contributed by atoms with Crippen LogP contribution in [0.15, 0.2) is 0 Å². The predicted molar refractivity (Wildman–Crippen MR) is 51.0 cm³/mol. The minimum Gasteiger partial charge on any atom is -0.487 e. The van der Waals surface area contributed by atoms with Crippen molar-refractivity contribution in [3.63, 3.8) is 0 Å². The summed E-state index contributed by atoms with van der Waals surface area (Å²) < 4.78 is 45.5. The van der Waals surface area contributed by atoms with Crippen molar-refractivity contribution in [2.24, 2.45) is 0 Å². The fourth-order valence-corrected chi connectivity index (χ4v) is 2.55. The van der Waals surface area contributed by atoms with E-state index in [1.165, 1.54) is 0 Å². The topological polar surface area (TPSA) is 52.6 Å². The van der Waals surface area contributed by atoms with Gasteiger partial charge in [-0.2, -0.15) is 0 Å². The molecule has 0 spiro atoms. The summed E-state index contributed by atoms with van der Waals surface area (Å²) in [5.74, 6) is -1.35. The molecule has 0 bridgehead atoms. The molecule has 1 unspecified atom stereocenters. The molecule has 1 atom stereocenters. The minimum absolute atomic E-state index is 0.162. The van der Waals surface area contributed by atoms with Crippen LogP contribution in [-0.2, 0) is 18.4 Å². The highest BCUT2D eigenvalue weighted by Gasteiger charge is 2.26. The van der Waals surface area contributed by atoms with Crippen LogP contribution in [0.25, 0.3) is 0 Å². The van der Waals surface area contributed by atoms with Crippen molar-refractivity contribution in [1.29, 1.82) is 0 Å². The van der Waals surface area contributed by atoms with Crippen molar-refractivity contribution >= 4 is 21.2 Å². The van der Waals surface area contributed by atoms with E-state index in [0.717, 1.165) is 13.8 Å². The van der Waals surface area contributed by atoms with Gasteiger partial charge in [0.05, 0.1) is 0 Å². The van der Waals surface area contributed by atoms with Gasteiger partial charge in [-0.1, -0.05) is 0 Å². The van der Waals surface area contributed by atoms with E-state index < -0.39 is 40.2 Å². The Bertz CT molecular complexity index is 233. The normalized spacial score (nSPS) is 12.7. The molecule has 0 saturated carbocycles. The van der Waals surface area contributed by atoms with Crippen molar-refractivity contribution in [3.05, 3.63) is 0 Å². The third kappa shape index (κ3) is 7.27. The Morgan fingerprint density at radius 3 is 1.88 bits per heavy atom. The fourth-order valence-electron chi connectivity index (χ4n) is 0.933. The summed E-state index contributed by atoms with van der Waals surface area (Å²) in [4.78, 5) is 21.2. The maximum atomic E-state index is 12.6. The summed E-state index contributed by atoms with van der Waals surface area (Å²) in [7, 11) is -2.72. The maximum absolute atomic E-state index is 12.6. The first kappa shape index (κ1) is 14.9. The molecule has 0 rings (SSSR count). The van der Waals surface area contributed by atoms with Gasteiger partial charge in [0.25, 0.3) is 18.4 Å². The van der Waals surface area contributed by atoms with Gasteiger partial charge >= 0.3 is 9.28 Å². The molecule has 0 N–H and O–H groups in total. The molecule has 0 amide bonds. The van der Waals surface area contributed by atoms with Crippen LogP contribution < -0.4 is 0 Å². The molecule has 0 heterocycles. The van der Waals surface area contributed by atoms with E-state index in [1.807, 2.05) is 0 Å². The van der Waals surface area contributed by atoms with Gasteiger partial charge in [0.2, 0.25) is 0 Å². The van der Waals surface area contributed by atoms with E-state index in [0.29, 0.717) is 0 Å². The largest absolute Gasteiger partial charge is 0.487 e. The van der Waals surface area contributed by atoms with Crippen molar-refractivity contribution in [2.45, 2.75) is 38.9 Å². The lowest BCUT2D eigenvalue weighted by Gasteiger charge is -2.15. The zero-order valence-electron chi connectivity index (χ0n) is 8.91. The molecule has 0 fully saturated rings. The van der Waals surface area contributed by atoms with Crippen LogP contribution in [0.3, 0.4) is 0 Å². The molecule has 94 valence electrons. The smallest absolute Gasteiger partial charge is 0.448 e. The van der Waals surface area contributed by atoms with E-state index in [4.69, 9.17) is 0 Å². The molecule has 0 aromatic carbocycles. The van der Waals surface area contributed by atoms with Gasteiger partial charge in [0, 0.05) is 19.9 Å². The number of carbonyl (C=O) groups is 2. The van der Waals surface area contributed by atoms with E-state index in [2.05, 4.69) is 8.85 Å². The molecule has 4 nitrogen and oxygen atoms in total. The molecular formula is C8H13F3O4Si. The highest BCUT2D eigenvalue weighted by Crippen LogP contribution is 2.14. The number of hydrogen-bond donors (Lipinski definition) is 0. The first-order valence-electron chi connectivity index (χ1n) is 4.59. The predicted octanol–water partition coefficient (Wildman–Crippen LogP) is 1.33. The third-order valence-corrected chi connectivity index (χ3v) is 3.54. The second-order valence-corrected chi connectivity index (χ2v) is 4.98. The average molecular weight is 258 g/mol. The van der Waals surface area contributed by atoms with Crippen LogP contribution in [-0.4, -0.2) is 33.8 Å². The first-order valence-corrected chi connectivity index (χ1v) is 6.35. The van der Waals surface area contributed by atoms with Crippen LogP contribution in [0.4, 0.5) is 13.2 Å². The Morgan fingerprint density at radius 1 is 1.12 bits per heavy atom. The van der Waals surface area contributed by atoms with E-state index in [1.54, 1.807) is 0 Å². The Balaban J connectivity index is 4.10. The van der Waals surface area contributed by atoms with E-state index in [-0.39, 0.29) is 6.04 Å². The zero-order chi connectivity index (χ0) is 12.7. The van der Waals surface area contributed by atoms with Gasteiger partial charge in [-0.3, -0.25) is 9.59 Å². The molecule has 0 aromatic rings. The van der Waals surface area contributed by atoms with Gasteiger partial charge in [0.15, 0.2) is 6.17 Å². The SMILES string of the molecule is CC(=O)O[SiH](CCC(F)C(F)F)OC(C)=O. The van der Waals surface area contributed by atoms with Crippen molar-refractivity contribution in [2.75, 3.05) is 0 Å². The zero-order valence-corrected chi connectivity index (χ0v) is 10.1. The fraction of sp³-hybridized carbons (Fsp3) is 0.750. The lowest BCUT2D eigenvalue weighted by molar-refractivity contribution is -0.137. The number of alkyl halides is 3. The van der Waals surface area contributed by atoms with Gasteiger partial charge < -0.3 is 8.85 Å². The summed E-state index contributed by atoms with van der Waals surface area (Å²) in [6.07, 6.45) is -5.86. The Hall–Kier alpha value is -1.05. The van der Waals surface area contributed by atoms with Crippen LogP contribution in [0.5, 0.6) is 0 Å². The second kappa shape index (κ2) is 7.26. The number of halogens is 3. The summed E-state index contributed by atoms with van der Waals surface area (Å²) >= 11 is 0. The molecular weight excluding hydrogens is 245 g/mol. The van der Waals surface area contributed by atoms with Crippen molar-refractivity contribution in [3.8, 4) is 0 Å². The number of rotatable bonds is 6. The molecule has 0 aromatic heterocycles. The molecule has 0 aliphatic carbocycles. The Kier molecular flexibility index (Phi) is 6.78. The van der Waals surface area contributed by atoms with E-state index >= 15 is 0 Å². The molecule has 8 heteroatoms. The quantitative estimate of drug-likeness (QED) is 0.674. The van der Waals surface area contributed by atoms with Gasteiger partial charge in [0.1, 0.15) is 0 Å². The van der Waals surface area contributed by atoms with Crippen molar-refractivity contribution < 1.29 is 31.6 Å². The second-order valence-electron chi connectivity index (χ2n) is 3.08. The minimum atomic E-state index is -3.08. The summed E-state index contributed by atoms with van der Waals surface area (Å²) in [6.45, 7) is 2.20. The molecule has 0 aliphatic rings. The Labute approximate surface area is 92.6 Å². The van der Waals surface area contributed by atoms with Crippen LogP contribution in [0, 0.1) is 0 Å². The third-order valence-electron chi connectivity index (χ3n) is 1.55. The summed E-state index contributed by atoms with van der Waals surface area (Å²) in [5, 5.41) is 0. The molecule has 0 radical (unpaired) electrons. The van der Waals surface area contributed by atoms with Gasteiger partial charge in [-0.15, -0.1) is 0 Å². The summed E-state index contributed by atoms with van der Waals surface area (Å²) in [6, 6.07) is -0.162. The van der Waals surface area contributed by atoms with Crippen LogP contribution in [0.1, 0.15) is 20.3 Å². The van der Waals surface area contributed by atoms with Gasteiger partial charge in [-0.05, 0) is 6.42 Å². The lowest BCUT2D eigenvalue weighted by Crippen LogP contribution is -2.29. The standard InChI is InChI=1S/C8H13F3O4Si/c1-5(12)14-16(15-6(2)13)4-3-7(9)8(10)11/h7-8,16H,3-4H2,1-2H3. The van der Waals surface area contributed by atoms with Gasteiger partial charge in [-0.25, -0.2) is 13.2 Å². The highest BCUT2D eigenvalue weighted by molar-refractivity contribution is 6.48. The van der Waals surface area contributed by atoms with E-state index in [9.17, 15) is 22.8 Å². The Morgan fingerprint density at radius 2 is 1.56 bits per heavy atom. The lowest BCUT2D eigenvalue weighted by atomic mass is 10.3. The molecule has 0 saturated heterocycles. The number of hydrogen-bond acceptors (Lipinski definition) is 4.